The van der Waals surface area contributed by atoms with Gasteiger partial charge in [0.05, 0.1) is 9.28 Å². The van der Waals surface area contributed by atoms with E-state index in [0.29, 0.717) is 5.92 Å². The van der Waals surface area contributed by atoms with Crippen LogP contribution in [0.2, 0.25) is 0 Å². The van der Waals surface area contributed by atoms with E-state index in [1.807, 2.05) is 12.1 Å². The Morgan fingerprint density at radius 3 is 2.58 bits per heavy atom. The van der Waals surface area contributed by atoms with Crippen molar-refractivity contribution < 1.29 is 0 Å². The molecule has 1 N–H and O–H groups in total. The first-order valence-electron chi connectivity index (χ1n) is 6.61. The van der Waals surface area contributed by atoms with E-state index < -0.39 is 0 Å². The second kappa shape index (κ2) is 5.45. The van der Waals surface area contributed by atoms with Crippen molar-refractivity contribution in [1.82, 2.24) is 10.3 Å². The molecule has 1 aliphatic carbocycles. The lowest BCUT2D eigenvalue weighted by Crippen LogP contribution is -2.28. The molecule has 0 spiro atoms. The maximum absolute atomic E-state index is 4.85. The number of aliphatic imine (C=N–C) groups is 1. The molecule has 0 saturated heterocycles. The molecule has 2 aliphatic rings. The topological polar surface area (TPSA) is 37.3 Å². The van der Waals surface area contributed by atoms with Crippen molar-refractivity contribution in [1.29, 1.82) is 0 Å². The van der Waals surface area contributed by atoms with Crippen molar-refractivity contribution in [3.05, 3.63) is 51.6 Å². The van der Waals surface area contributed by atoms with Crippen LogP contribution in [0.5, 0.6) is 0 Å². The van der Waals surface area contributed by atoms with Gasteiger partial charge in [0, 0.05) is 29.6 Å². The van der Waals surface area contributed by atoms with Crippen LogP contribution in [0.25, 0.3) is 0 Å². The van der Waals surface area contributed by atoms with E-state index in [1.54, 1.807) is 12.4 Å². The molecule has 1 aromatic rings. The summed E-state index contributed by atoms with van der Waals surface area (Å²) < 4.78 is 1.18. The lowest BCUT2D eigenvalue weighted by molar-refractivity contribution is 0.630. The summed E-state index contributed by atoms with van der Waals surface area (Å²) in [4.78, 5) is 8.91. The molecule has 1 saturated carbocycles. The van der Waals surface area contributed by atoms with Crippen LogP contribution in [-0.4, -0.2) is 10.8 Å². The molecular formula is C15H16IN3. The minimum Gasteiger partial charge on any atom is -0.339 e. The maximum Gasteiger partial charge on any atom is 0.138 e. The van der Waals surface area contributed by atoms with Gasteiger partial charge in [-0.2, -0.15) is 0 Å². The molecule has 0 aromatic carbocycles. The van der Waals surface area contributed by atoms with Crippen LogP contribution in [-0.2, 0) is 0 Å². The average Bonchev–Trinajstić information content (AvgIpc) is 2.96. The van der Waals surface area contributed by atoms with Crippen molar-refractivity contribution >= 4 is 28.4 Å². The SMILES string of the molecule is C=C1NC(c2ccncc2)=NC(C2CCCC2)=C1I. The third-order valence-electron chi connectivity index (χ3n) is 3.69. The van der Waals surface area contributed by atoms with Crippen molar-refractivity contribution in [3.63, 3.8) is 0 Å². The van der Waals surface area contributed by atoms with Crippen LogP contribution in [0.15, 0.2) is 51.1 Å². The van der Waals surface area contributed by atoms with E-state index >= 15 is 0 Å². The van der Waals surface area contributed by atoms with Gasteiger partial charge in [-0.3, -0.25) is 4.98 Å². The normalized spacial score (nSPS) is 20.5. The number of rotatable bonds is 2. The van der Waals surface area contributed by atoms with Crippen LogP contribution in [0.3, 0.4) is 0 Å². The fourth-order valence-electron chi connectivity index (χ4n) is 2.67. The molecule has 0 radical (unpaired) electrons. The molecule has 3 nitrogen and oxygen atoms in total. The van der Waals surface area contributed by atoms with Gasteiger partial charge in [-0.05, 0) is 47.6 Å². The molecule has 98 valence electrons. The Balaban J connectivity index is 1.99. The van der Waals surface area contributed by atoms with Gasteiger partial charge in [0.15, 0.2) is 0 Å². The molecule has 1 aliphatic heterocycles. The molecule has 0 unspecified atom stereocenters. The molecular weight excluding hydrogens is 349 g/mol. The fraction of sp³-hybridized carbons (Fsp3) is 0.333. The Morgan fingerprint density at radius 1 is 1.21 bits per heavy atom. The minimum atomic E-state index is 0.600. The summed E-state index contributed by atoms with van der Waals surface area (Å²) >= 11 is 2.36. The van der Waals surface area contributed by atoms with Crippen molar-refractivity contribution in [3.8, 4) is 0 Å². The van der Waals surface area contributed by atoms with Crippen LogP contribution >= 0.6 is 22.6 Å². The lowest BCUT2D eigenvalue weighted by atomic mass is 10.0. The summed E-state index contributed by atoms with van der Waals surface area (Å²) in [5.41, 5.74) is 3.24. The Hall–Kier alpha value is -1.17. The van der Waals surface area contributed by atoms with Gasteiger partial charge < -0.3 is 5.32 Å². The number of amidine groups is 1. The maximum atomic E-state index is 4.85. The quantitative estimate of drug-likeness (QED) is 0.810. The first-order valence-corrected chi connectivity index (χ1v) is 7.68. The molecule has 1 fully saturated rings. The van der Waals surface area contributed by atoms with E-state index in [0.717, 1.165) is 17.1 Å². The fourth-order valence-corrected chi connectivity index (χ4v) is 3.36. The molecule has 0 amide bonds. The number of hydrogen-bond acceptors (Lipinski definition) is 3. The Bertz CT molecular complexity index is 554. The lowest BCUT2D eigenvalue weighted by Gasteiger charge is -2.23. The number of aromatic nitrogens is 1. The van der Waals surface area contributed by atoms with Gasteiger partial charge in [0.2, 0.25) is 0 Å². The molecule has 0 atom stereocenters. The zero-order valence-corrected chi connectivity index (χ0v) is 12.9. The minimum absolute atomic E-state index is 0.600. The Kier molecular flexibility index (Phi) is 3.68. The van der Waals surface area contributed by atoms with E-state index in [9.17, 15) is 0 Å². The molecule has 3 rings (SSSR count). The summed E-state index contributed by atoms with van der Waals surface area (Å²) in [5.74, 6) is 1.50. The Labute approximate surface area is 127 Å². The largest absolute Gasteiger partial charge is 0.339 e. The van der Waals surface area contributed by atoms with Crippen molar-refractivity contribution in [2.24, 2.45) is 10.9 Å². The molecule has 0 bridgehead atoms. The highest BCUT2D eigenvalue weighted by atomic mass is 127. The first kappa shape index (κ1) is 12.8. The van der Waals surface area contributed by atoms with E-state index in [-0.39, 0.29) is 0 Å². The smallest absolute Gasteiger partial charge is 0.138 e. The van der Waals surface area contributed by atoms with Crippen LogP contribution in [0.4, 0.5) is 0 Å². The summed E-state index contributed by atoms with van der Waals surface area (Å²) in [7, 11) is 0. The van der Waals surface area contributed by atoms with E-state index in [4.69, 9.17) is 4.99 Å². The molecule has 19 heavy (non-hydrogen) atoms. The van der Waals surface area contributed by atoms with Crippen LogP contribution < -0.4 is 5.32 Å². The number of halogens is 1. The summed E-state index contributed by atoms with van der Waals surface area (Å²) in [6.07, 6.45) is 8.72. The summed E-state index contributed by atoms with van der Waals surface area (Å²) in [6.45, 7) is 4.12. The standard InChI is InChI=1S/C15H16IN3/c1-10-13(16)14(11-4-2-3-5-11)19-15(18-10)12-6-8-17-9-7-12/h6-9,11H,1-5H2,(H,18,19). The van der Waals surface area contributed by atoms with Gasteiger partial charge in [-0.1, -0.05) is 19.4 Å². The second-order valence-electron chi connectivity index (χ2n) is 4.98. The number of allylic oxidation sites excluding steroid dienone is 2. The van der Waals surface area contributed by atoms with Crippen molar-refractivity contribution in [2.45, 2.75) is 25.7 Å². The van der Waals surface area contributed by atoms with Crippen LogP contribution in [0, 0.1) is 5.92 Å². The highest BCUT2D eigenvalue weighted by molar-refractivity contribution is 14.1. The summed E-state index contributed by atoms with van der Waals surface area (Å²) in [5, 5.41) is 3.30. The van der Waals surface area contributed by atoms with E-state index in [2.05, 4.69) is 39.5 Å². The number of nitrogens with one attached hydrogen (secondary N) is 1. The molecule has 2 heterocycles. The highest BCUT2D eigenvalue weighted by Crippen LogP contribution is 2.38. The third-order valence-corrected chi connectivity index (χ3v) is 4.89. The van der Waals surface area contributed by atoms with E-state index in [1.165, 1.54) is 35.0 Å². The summed E-state index contributed by atoms with van der Waals surface area (Å²) in [6, 6.07) is 3.95. The predicted octanol–water partition coefficient (Wildman–Crippen LogP) is 3.78. The average molecular weight is 365 g/mol. The number of nitrogens with zero attached hydrogens (tertiary/aromatic N) is 2. The zero-order chi connectivity index (χ0) is 13.2. The number of hydrogen-bond donors (Lipinski definition) is 1. The monoisotopic (exact) mass is 365 g/mol. The van der Waals surface area contributed by atoms with Gasteiger partial charge >= 0.3 is 0 Å². The highest BCUT2D eigenvalue weighted by Gasteiger charge is 2.26. The predicted molar refractivity (Wildman–Crippen MR) is 86.1 cm³/mol. The van der Waals surface area contributed by atoms with Gasteiger partial charge in [0.25, 0.3) is 0 Å². The van der Waals surface area contributed by atoms with Gasteiger partial charge in [-0.25, -0.2) is 4.99 Å². The molecule has 1 aromatic heterocycles. The number of pyridine rings is 1. The van der Waals surface area contributed by atoms with Crippen molar-refractivity contribution in [2.75, 3.05) is 0 Å². The van der Waals surface area contributed by atoms with Gasteiger partial charge in [-0.15, -0.1) is 0 Å². The molecule has 4 heteroatoms. The van der Waals surface area contributed by atoms with Gasteiger partial charge in [0.1, 0.15) is 5.84 Å². The van der Waals surface area contributed by atoms with Crippen LogP contribution in [0.1, 0.15) is 31.2 Å². The Morgan fingerprint density at radius 2 is 1.89 bits per heavy atom. The first-order chi connectivity index (χ1) is 9.25. The zero-order valence-electron chi connectivity index (χ0n) is 10.7. The second-order valence-corrected chi connectivity index (χ2v) is 6.06. The third kappa shape index (κ3) is 2.59.